The first kappa shape index (κ1) is 15.7. The van der Waals surface area contributed by atoms with Gasteiger partial charge in [-0.05, 0) is 72.0 Å². The molecule has 0 aliphatic carbocycles. The van der Waals surface area contributed by atoms with E-state index in [1.165, 1.54) is 10.0 Å². The SMILES string of the molecule is CNCC(Cc1ccc(Br)cn1)Cc1ccccc1Br. The van der Waals surface area contributed by atoms with Crippen molar-refractivity contribution in [1.82, 2.24) is 10.3 Å². The highest BCUT2D eigenvalue weighted by atomic mass is 79.9. The van der Waals surface area contributed by atoms with Crippen molar-refractivity contribution >= 4 is 31.9 Å². The highest BCUT2D eigenvalue weighted by molar-refractivity contribution is 9.10. The molecule has 1 atom stereocenters. The number of nitrogens with one attached hydrogen (secondary N) is 1. The molecule has 0 aliphatic heterocycles. The second kappa shape index (κ2) is 7.91. The molecule has 0 radical (unpaired) electrons. The van der Waals surface area contributed by atoms with Crippen LogP contribution in [-0.2, 0) is 12.8 Å². The zero-order chi connectivity index (χ0) is 14.4. The largest absolute Gasteiger partial charge is 0.319 e. The van der Waals surface area contributed by atoms with E-state index in [0.717, 1.165) is 29.6 Å². The van der Waals surface area contributed by atoms with E-state index in [1.54, 1.807) is 0 Å². The average Bonchev–Trinajstić information content (AvgIpc) is 2.44. The molecule has 2 aromatic rings. The van der Waals surface area contributed by atoms with E-state index < -0.39 is 0 Å². The predicted octanol–water partition coefficient (Wildman–Crippen LogP) is 4.23. The van der Waals surface area contributed by atoms with Crippen molar-refractivity contribution < 1.29 is 0 Å². The van der Waals surface area contributed by atoms with Gasteiger partial charge in [0.05, 0.1) is 0 Å². The van der Waals surface area contributed by atoms with Gasteiger partial charge in [0.1, 0.15) is 0 Å². The Labute approximate surface area is 137 Å². The van der Waals surface area contributed by atoms with Gasteiger partial charge in [0.2, 0.25) is 0 Å². The van der Waals surface area contributed by atoms with Crippen molar-refractivity contribution in [3.8, 4) is 0 Å². The molecule has 1 aromatic carbocycles. The van der Waals surface area contributed by atoms with Crippen LogP contribution >= 0.6 is 31.9 Å². The third-order valence-electron chi connectivity index (χ3n) is 3.25. The van der Waals surface area contributed by atoms with Crippen LogP contribution in [0.5, 0.6) is 0 Å². The molecule has 106 valence electrons. The average molecular weight is 398 g/mol. The van der Waals surface area contributed by atoms with Crippen molar-refractivity contribution in [1.29, 1.82) is 0 Å². The Morgan fingerprint density at radius 2 is 1.90 bits per heavy atom. The summed E-state index contributed by atoms with van der Waals surface area (Å²) in [6, 6.07) is 12.6. The first-order chi connectivity index (χ1) is 9.69. The van der Waals surface area contributed by atoms with Gasteiger partial charge in [0.25, 0.3) is 0 Å². The maximum Gasteiger partial charge on any atom is 0.0413 e. The fourth-order valence-electron chi connectivity index (χ4n) is 2.30. The van der Waals surface area contributed by atoms with Crippen molar-refractivity contribution in [2.75, 3.05) is 13.6 Å². The fraction of sp³-hybridized carbons (Fsp3) is 0.312. The quantitative estimate of drug-likeness (QED) is 0.788. The lowest BCUT2D eigenvalue weighted by molar-refractivity contribution is 0.487. The van der Waals surface area contributed by atoms with Gasteiger partial charge < -0.3 is 5.32 Å². The van der Waals surface area contributed by atoms with Crippen LogP contribution in [0.2, 0.25) is 0 Å². The van der Waals surface area contributed by atoms with Gasteiger partial charge in [-0.15, -0.1) is 0 Å². The second-order valence-electron chi connectivity index (χ2n) is 4.89. The molecule has 0 saturated heterocycles. The Balaban J connectivity index is 2.07. The van der Waals surface area contributed by atoms with E-state index in [2.05, 4.69) is 78.6 Å². The lowest BCUT2D eigenvalue weighted by Crippen LogP contribution is -2.23. The lowest BCUT2D eigenvalue weighted by Gasteiger charge is -2.17. The molecular weight excluding hydrogens is 380 g/mol. The molecule has 20 heavy (non-hydrogen) atoms. The maximum atomic E-state index is 4.48. The summed E-state index contributed by atoms with van der Waals surface area (Å²) >= 11 is 7.05. The van der Waals surface area contributed by atoms with Crippen LogP contribution in [-0.4, -0.2) is 18.6 Å². The van der Waals surface area contributed by atoms with Gasteiger partial charge in [0.15, 0.2) is 0 Å². The molecule has 1 N–H and O–H groups in total. The Bertz CT molecular complexity index is 540. The molecule has 4 heteroatoms. The molecule has 0 fully saturated rings. The number of aromatic nitrogens is 1. The molecule has 1 heterocycles. The highest BCUT2D eigenvalue weighted by Crippen LogP contribution is 2.21. The van der Waals surface area contributed by atoms with Crippen molar-refractivity contribution in [2.24, 2.45) is 5.92 Å². The minimum Gasteiger partial charge on any atom is -0.319 e. The summed E-state index contributed by atoms with van der Waals surface area (Å²) in [5, 5.41) is 3.29. The van der Waals surface area contributed by atoms with E-state index in [-0.39, 0.29) is 0 Å². The molecule has 2 nitrogen and oxygen atoms in total. The van der Waals surface area contributed by atoms with Crippen LogP contribution in [0.25, 0.3) is 0 Å². The summed E-state index contributed by atoms with van der Waals surface area (Å²) in [5.41, 5.74) is 2.49. The zero-order valence-corrected chi connectivity index (χ0v) is 14.6. The topological polar surface area (TPSA) is 24.9 Å². The van der Waals surface area contributed by atoms with Gasteiger partial charge in [-0.3, -0.25) is 4.98 Å². The normalized spacial score (nSPS) is 12.3. The Kier molecular flexibility index (Phi) is 6.20. The Morgan fingerprint density at radius 1 is 1.10 bits per heavy atom. The van der Waals surface area contributed by atoms with Crippen LogP contribution in [0.3, 0.4) is 0 Å². The monoisotopic (exact) mass is 396 g/mol. The molecule has 2 rings (SSSR count). The lowest BCUT2D eigenvalue weighted by atomic mass is 9.94. The first-order valence-electron chi connectivity index (χ1n) is 6.67. The number of hydrogen-bond donors (Lipinski definition) is 1. The van der Waals surface area contributed by atoms with E-state index in [0.29, 0.717) is 5.92 Å². The molecule has 0 spiro atoms. The van der Waals surface area contributed by atoms with Gasteiger partial charge in [0, 0.05) is 20.8 Å². The zero-order valence-electron chi connectivity index (χ0n) is 11.4. The van der Waals surface area contributed by atoms with Gasteiger partial charge in [-0.25, -0.2) is 0 Å². The maximum absolute atomic E-state index is 4.48. The summed E-state index contributed by atoms with van der Waals surface area (Å²) in [4.78, 5) is 4.48. The molecule has 1 unspecified atom stereocenters. The van der Waals surface area contributed by atoms with Gasteiger partial charge in [-0.1, -0.05) is 34.1 Å². The van der Waals surface area contributed by atoms with E-state index in [1.807, 2.05) is 13.2 Å². The minimum atomic E-state index is 0.535. The number of rotatable bonds is 6. The highest BCUT2D eigenvalue weighted by Gasteiger charge is 2.12. The van der Waals surface area contributed by atoms with Crippen molar-refractivity contribution in [3.63, 3.8) is 0 Å². The molecule has 1 aromatic heterocycles. The summed E-state index contributed by atoms with van der Waals surface area (Å²) in [6.07, 6.45) is 3.89. The van der Waals surface area contributed by atoms with Crippen LogP contribution in [0.1, 0.15) is 11.3 Å². The molecular formula is C16H18Br2N2. The van der Waals surface area contributed by atoms with Crippen LogP contribution < -0.4 is 5.32 Å². The van der Waals surface area contributed by atoms with E-state index in [4.69, 9.17) is 0 Å². The van der Waals surface area contributed by atoms with Crippen LogP contribution in [0, 0.1) is 5.92 Å². The predicted molar refractivity (Wildman–Crippen MR) is 90.9 cm³/mol. The van der Waals surface area contributed by atoms with Crippen LogP contribution in [0.4, 0.5) is 0 Å². The number of nitrogens with zero attached hydrogens (tertiary/aromatic N) is 1. The third kappa shape index (κ3) is 4.69. The smallest absolute Gasteiger partial charge is 0.0413 e. The third-order valence-corrected chi connectivity index (χ3v) is 4.49. The number of benzene rings is 1. The molecule has 0 aliphatic rings. The minimum absolute atomic E-state index is 0.535. The second-order valence-corrected chi connectivity index (χ2v) is 6.66. The molecule has 0 saturated carbocycles. The van der Waals surface area contributed by atoms with Gasteiger partial charge >= 0.3 is 0 Å². The van der Waals surface area contributed by atoms with Gasteiger partial charge in [-0.2, -0.15) is 0 Å². The number of hydrogen-bond acceptors (Lipinski definition) is 2. The van der Waals surface area contributed by atoms with Crippen molar-refractivity contribution in [3.05, 3.63) is 62.8 Å². The number of pyridine rings is 1. The first-order valence-corrected chi connectivity index (χ1v) is 8.26. The van der Waals surface area contributed by atoms with Crippen molar-refractivity contribution in [2.45, 2.75) is 12.8 Å². The van der Waals surface area contributed by atoms with E-state index >= 15 is 0 Å². The summed E-state index contributed by atoms with van der Waals surface area (Å²) < 4.78 is 2.21. The summed E-state index contributed by atoms with van der Waals surface area (Å²) in [6.45, 7) is 0.985. The number of halogens is 2. The van der Waals surface area contributed by atoms with E-state index in [9.17, 15) is 0 Å². The standard InChI is InChI=1S/C16H18Br2N2/c1-19-10-12(8-13-4-2-3-5-16(13)18)9-15-7-6-14(17)11-20-15/h2-7,11-12,19H,8-10H2,1H3. The summed E-state index contributed by atoms with van der Waals surface area (Å²) in [5.74, 6) is 0.535. The molecule has 0 bridgehead atoms. The summed E-state index contributed by atoms with van der Waals surface area (Å²) in [7, 11) is 2.00. The Hall–Kier alpha value is -0.710. The Morgan fingerprint density at radius 3 is 2.55 bits per heavy atom. The molecule has 0 amide bonds. The fourth-order valence-corrected chi connectivity index (χ4v) is 2.98. The van der Waals surface area contributed by atoms with Crippen LogP contribution in [0.15, 0.2) is 51.5 Å².